The second-order valence-corrected chi connectivity index (χ2v) is 8.73. The lowest BCUT2D eigenvalue weighted by atomic mass is 10.1. The Morgan fingerprint density at radius 2 is 1.59 bits per heavy atom. The maximum atomic E-state index is 12.8. The summed E-state index contributed by atoms with van der Waals surface area (Å²) in [5.74, 6) is -0.570. The first-order valence-corrected chi connectivity index (χ1v) is 12.3. The van der Waals surface area contributed by atoms with Crippen molar-refractivity contribution in [3.8, 4) is 23.0 Å². The average molecular weight is 536 g/mol. The number of ether oxygens (including phenoxy) is 5. The Morgan fingerprint density at radius 3 is 2.16 bits per heavy atom. The number of esters is 1. The van der Waals surface area contributed by atoms with Crippen LogP contribution in [0.15, 0.2) is 35.7 Å². The van der Waals surface area contributed by atoms with Gasteiger partial charge in [-0.15, -0.1) is 0 Å². The molecular formula is C25H29NO10S. The predicted octanol–water partition coefficient (Wildman–Crippen LogP) is 2.99. The van der Waals surface area contributed by atoms with Crippen molar-refractivity contribution in [2.24, 2.45) is 0 Å². The molecule has 0 aliphatic carbocycles. The lowest BCUT2D eigenvalue weighted by Crippen LogP contribution is -2.21. The van der Waals surface area contributed by atoms with Gasteiger partial charge in [-0.2, -0.15) is 0 Å². The number of nitrogens with one attached hydrogen (secondary N) is 1. The molecule has 0 aliphatic rings. The molecule has 0 saturated heterocycles. The summed E-state index contributed by atoms with van der Waals surface area (Å²) in [6.07, 6.45) is 0.910. The van der Waals surface area contributed by atoms with E-state index in [0.29, 0.717) is 39.8 Å². The van der Waals surface area contributed by atoms with Crippen molar-refractivity contribution in [3.63, 3.8) is 0 Å². The first-order chi connectivity index (χ1) is 17.7. The molecule has 0 aromatic heterocycles. The molecule has 11 nitrogen and oxygen atoms in total. The minimum Gasteiger partial charge on any atom is -0.612 e. The van der Waals surface area contributed by atoms with Crippen LogP contribution in [0.4, 0.5) is 5.69 Å². The third-order valence-electron chi connectivity index (χ3n) is 4.89. The molecule has 2 N–H and O–H groups in total. The van der Waals surface area contributed by atoms with Crippen LogP contribution in [-0.4, -0.2) is 62.6 Å². The highest BCUT2D eigenvalue weighted by atomic mass is 32.2. The van der Waals surface area contributed by atoms with Crippen molar-refractivity contribution in [1.29, 1.82) is 0 Å². The van der Waals surface area contributed by atoms with E-state index in [1.165, 1.54) is 33.8 Å². The van der Waals surface area contributed by atoms with E-state index < -0.39 is 35.6 Å². The highest BCUT2D eigenvalue weighted by Gasteiger charge is 2.15. The van der Waals surface area contributed by atoms with Crippen LogP contribution in [0, 0.1) is 0 Å². The molecule has 0 saturated carbocycles. The number of benzene rings is 2. The van der Waals surface area contributed by atoms with Crippen LogP contribution in [0.1, 0.15) is 24.0 Å². The maximum Gasteiger partial charge on any atom is 0.306 e. The summed E-state index contributed by atoms with van der Waals surface area (Å²) in [7, 11) is 5.96. The molecule has 0 fully saturated rings. The fourth-order valence-electron chi connectivity index (χ4n) is 3.11. The number of carboxylic acids is 1. The predicted molar refractivity (Wildman–Crippen MR) is 136 cm³/mol. The fraction of sp³-hybridized carbons (Fsp3) is 0.320. The zero-order valence-corrected chi connectivity index (χ0v) is 21.7. The summed E-state index contributed by atoms with van der Waals surface area (Å²) in [6.45, 7) is -0.591. The number of anilines is 1. The second kappa shape index (κ2) is 14.6. The van der Waals surface area contributed by atoms with Crippen LogP contribution in [0.25, 0.3) is 6.08 Å². The number of rotatable bonds is 14. The Kier molecular flexibility index (Phi) is 11.6. The molecule has 1 amide bonds. The van der Waals surface area contributed by atoms with Gasteiger partial charge in [-0.1, -0.05) is 6.07 Å². The zero-order chi connectivity index (χ0) is 27.4. The molecule has 0 heterocycles. The Balaban J connectivity index is 2.08. The first kappa shape index (κ1) is 29.3. The van der Waals surface area contributed by atoms with Gasteiger partial charge in [-0.3, -0.25) is 14.4 Å². The number of aliphatic carboxylic acids is 1. The molecule has 37 heavy (non-hydrogen) atoms. The highest BCUT2D eigenvalue weighted by molar-refractivity contribution is 7.93. The van der Waals surface area contributed by atoms with Gasteiger partial charge in [0.25, 0.3) is 5.91 Å². The van der Waals surface area contributed by atoms with Gasteiger partial charge in [-0.25, -0.2) is 0 Å². The monoisotopic (exact) mass is 535 g/mol. The van der Waals surface area contributed by atoms with Crippen LogP contribution >= 0.6 is 0 Å². The van der Waals surface area contributed by atoms with E-state index in [0.717, 1.165) is 0 Å². The van der Waals surface area contributed by atoms with E-state index in [2.05, 4.69) is 5.32 Å². The number of hydrogen-bond donors (Lipinski definition) is 2. The Labute approximate surface area is 217 Å². The molecule has 0 radical (unpaired) electrons. The van der Waals surface area contributed by atoms with Crippen LogP contribution in [0.3, 0.4) is 0 Å². The van der Waals surface area contributed by atoms with Crippen molar-refractivity contribution < 1.29 is 47.7 Å². The van der Waals surface area contributed by atoms with Gasteiger partial charge in [0.15, 0.2) is 6.61 Å². The molecule has 0 spiro atoms. The third kappa shape index (κ3) is 9.24. The normalized spacial score (nSPS) is 11.5. The van der Waals surface area contributed by atoms with Gasteiger partial charge in [0.2, 0.25) is 0 Å². The summed E-state index contributed by atoms with van der Waals surface area (Å²) in [5.41, 5.74) is 1.54. The molecule has 1 atom stereocenters. The van der Waals surface area contributed by atoms with E-state index in [-0.39, 0.29) is 18.6 Å². The quantitative estimate of drug-likeness (QED) is 0.273. The van der Waals surface area contributed by atoms with Crippen LogP contribution in [0.2, 0.25) is 0 Å². The Bertz CT molecular complexity index is 1110. The fourth-order valence-corrected chi connectivity index (χ4v) is 4.00. The first-order valence-electron chi connectivity index (χ1n) is 10.9. The minimum atomic E-state index is -1.44. The smallest absolute Gasteiger partial charge is 0.306 e. The van der Waals surface area contributed by atoms with Crippen molar-refractivity contribution in [2.75, 3.05) is 40.4 Å². The molecule has 0 bridgehead atoms. The number of methoxy groups -OCH3 is 4. The zero-order valence-electron chi connectivity index (χ0n) is 20.9. The molecule has 2 aromatic rings. The van der Waals surface area contributed by atoms with Gasteiger partial charge in [-0.05, 0) is 23.3 Å². The van der Waals surface area contributed by atoms with E-state index in [1.54, 1.807) is 36.4 Å². The maximum absolute atomic E-state index is 12.8. The van der Waals surface area contributed by atoms with Gasteiger partial charge >= 0.3 is 11.9 Å². The van der Waals surface area contributed by atoms with E-state index in [9.17, 15) is 18.9 Å². The molecule has 0 aliphatic heterocycles. The summed E-state index contributed by atoms with van der Waals surface area (Å²) < 4.78 is 38.8. The van der Waals surface area contributed by atoms with Crippen LogP contribution in [-0.2, 0) is 36.0 Å². The minimum absolute atomic E-state index is 0.133. The lowest BCUT2D eigenvalue weighted by molar-refractivity contribution is -0.149. The van der Waals surface area contributed by atoms with Crippen molar-refractivity contribution in [3.05, 3.63) is 46.9 Å². The summed E-state index contributed by atoms with van der Waals surface area (Å²) in [4.78, 5) is 34.3. The second-order valence-electron chi connectivity index (χ2n) is 7.41. The van der Waals surface area contributed by atoms with E-state index in [1.807, 2.05) is 0 Å². The molecular weight excluding hydrogens is 506 g/mol. The molecule has 2 rings (SSSR count). The number of carbonyl (C=O) groups is 3. The Morgan fingerprint density at radius 1 is 0.946 bits per heavy atom. The molecule has 2 aromatic carbocycles. The average Bonchev–Trinajstić information content (AvgIpc) is 2.89. The third-order valence-corrected chi connectivity index (χ3v) is 5.95. The SMILES string of the molecule is COc1cc(OC)c(/C=C/[S+]([O-])Cc2ccc(OC)c(NC(=O)COC(=O)CCC(=O)O)c2)c(OC)c1. The highest BCUT2D eigenvalue weighted by Crippen LogP contribution is 2.35. The number of carboxylic acid groups (broad SMARTS) is 1. The van der Waals surface area contributed by atoms with E-state index >= 15 is 0 Å². The Hall–Kier alpha value is -3.90. The largest absolute Gasteiger partial charge is 0.612 e. The summed E-state index contributed by atoms with van der Waals surface area (Å²) in [5, 5.41) is 12.7. The molecule has 12 heteroatoms. The van der Waals surface area contributed by atoms with Gasteiger partial charge in [0.05, 0.1) is 52.5 Å². The standard InChI is InChI=1S/C25H29NO10S/c1-32-17-12-21(34-3)18(22(13-17)35-4)9-10-37(31)15-16-5-6-20(33-2)19(11-16)26-23(27)14-36-25(30)8-7-24(28)29/h5-6,9-13H,7-8,14-15H2,1-4H3,(H,26,27)(H,28,29)/b10-9+. The van der Waals surface area contributed by atoms with Gasteiger partial charge < -0.3 is 38.7 Å². The number of carbonyl (C=O) groups excluding carboxylic acids is 2. The van der Waals surface area contributed by atoms with E-state index in [4.69, 9.17) is 28.8 Å². The van der Waals surface area contributed by atoms with Crippen LogP contribution < -0.4 is 24.3 Å². The molecule has 200 valence electrons. The summed E-state index contributed by atoms with van der Waals surface area (Å²) >= 11 is -1.44. The molecule has 1 unspecified atom stereocenters. The topological polar surface area (TPSA) is 153 Å². The van der Waals surface area contributed by atoms with Gasteiger partial charge in [0, 0.05) is 23.8 Å². The van der Waals surface area contributed by atoms with Gasteiger partial charge in [0.1, 0.15) is 34.2 Å². The van der Waals surface area contributed by atoms with Crippen molar-refractivity contribution in [1.82, 2.24) is 0 Å². The lowest BCUT2D eigenvalue weighted by Gasteiger charge is -2.14. The summed E-state index contributed by atoms with van der Waals surface area (Å²) in [6, 6.07) is 8.30. The van der Waals surface area contributed by atoms with Crippen molar-refractivity contribution in [2.45, 2.75) is 18.6 Å². The van der Waals surface area contributed by atoms with Crippen molar-refractivity contribution >= 4 is 40.8 Å². The number of hydrogen-bond acceptors (Lipinski definition) is 9. The van der Waals surface area contributed by atoms with Crippen LogP contribution in [0.5, 0.6) is 23.0 Å². The number of amides is 1.